The largest absolute Gasteiger partial charge is 0.481 e. The van der Waals surface area contributed by atoms with Crippen LogP contribution in [-0.4, -0.2) is 63.3 Å². The second-order valence-electron chi connectivity index (χ2n) is 11.2. The highest BCUT2D eigenvalue weighted by Crippen LogP contribution is 2.64. The number of carbonyl (C=O) groups excluding carboxylic acids is 2. The Bertz CT molecular complexity index is 1510. The minimum atomic E-state index is -1.33. The summed E-state index contributed by atoms with van der Waals surface area (Å²) in [6, 6.07) is 20.6. The van der Waals surface area contributed by atoms with Crippen LogP contribution >= 0.6 is 0 Å². The fourth-order valence-electron chi connectivity index (χ4n) is 7.33. The van der Waals surface area contributed by atoms with Crippen LogP contribution in [0.4, 0.5) is 5.69 Å². The number of aliphatic hydroxyl groups excluding tert-OH is 1. The molecule has 3 aromatic rings. The van der Waals surface area contributed by atoms with Crippen molar-refractivity contribution in [3.8, 4) is 0 Å². The first-order valence-corrected chi connectivity index (χ1v) is 13.6. The van der Waals surface area contributed by atoms with Crippen LogP contribution in [0, 0.1) is 11.8 Å². The molecule has 0 aromatic heterocycles. The molecule has 3 aromatic carbocycles. The summed E-state index contributed by atoms with van der Waals surface area (Å²) in [5.41, 5.74) is -1.11. The summed E-state index contributed by atoms with van der Waals surface area (Å²) in [6.07, 6.45) is 2.40. The van der Waals surface area contributed by atoms with Crippen LogP contribution in [0.2, 0.25) is 0 Å². The molecule has 3 aliphatic heterocycles. The first-order valence-electron chi connectivity index (χ1n) is 13.6. The number of carboxylic acid groups (broad SMARTS) is 1. The first-order chi connectivity index (χ1) is 19.3. The van der Waals surface area contributed by atoms with Gasteiger partial charge in [0.05, 0.1) is 30.1 Å². The SMILES string of the molecule is C=CCN(C(=O)C1N([C@H](CO)c2ccccc2)C(=O)[C@@H]2[C@H](C(=O)O)[C@]3(C)CCC12O3)c1ccc2ccccc2c1. The highest BCUT2D eigenvalue weighted by Gasteiger charge is 2.79. The van der Waals surface area contributed by atoms with E-state index in [-0.39, 0.29) is 6.54 Å². The van der Waals surface area contributed by atoms with Crippen molar-refractivity contribution >= 4 is 34.2 Å². The van der Waals surface area contributed by atoms with Gasteiger partial charge >= 0.3 is 5.97 Å². The van der Waals surface area contributed by atoms with Crippen molar-refractivity contribution in [2.45, 2.75) is 43.1 Å². The molecule has 3 fully saturated rings. The number of ether oxygens (including phenoxy) is 1. The van der Waals surface area contributed by atoms with Crippen LogP contribution in [0.3, 0.4) is 0 Å². The Morgan fingerprint density at radius 3 is 2.48 bits per heavy atom. The molecule has 2 amide bonds. The summed E-state index contributed by atoms with van der Waals surface area (Å²) in [7, 11) is 0. The molecule has 40 heavy (non-hydrogen) atoms. The number of likely N-dealkylation sites (tertiary alicyclic amines) is 1. The molecule has 0 saturated carbocycles. The fourth-order valence-corrected chi connectivity index (χ4v) is 7.33. The van der Waals surface area contributed by atoms with Gasteiger partial charge in [0, 0.05) is 12.2 Å². The quantitative estimate of drug-likeness (QED) is 0.419. The Labute approximate surface area is 232 Å². The van der Waals surface area contributed by atoms with Gasteiger partial charge in [-0.15, -0.1) is 6.58 Å². The fraction of sp³-hybridized carbons (Fsp3) is 0.344. The van der Waals surface area contributed by atoms with Crippen LogP contribution < -0.4 is 4.90 Å². The number of carboxylic acids is 1. The lowest BCUT2D eigenvalue weighted by Gasteiger charge is -2.39. The van der Waals surface area contributed by atoms with Crippen molar-refractivity contribution < 1.29 is 29.3 Å². The van der Waals surface area contributed by atoms with Gasteiger partial charge in [-0.3, -0.25) is 14.4 Å². The van der Waals surface area contributed by atoms with Crippen molar-refractivity contribution in [2.75, 3.05) is 18.1 Å². The number of hydrogen-bond donors (Lipinski definition) is 2. The molecule has 8 nitrogen and oxygen atoms in total. The van der Waals surface area contributed by atoms with Crippen molar-refractivity contribution in [1.29, 1.82) is 0 Å². The van der Waals surface area contributed by atoms with E-state index in [2.05, 4.69) is 6.58 Å². The van der Waals surface area contributed by atoms with Crippen molar-refractivity contribution in [3.63, 3.8) is 0 Å². The van der Waals surface area contributed by atoms with E-state index in [1.54, 1.807) is 42.2 Å². The zero-order valence-electron chi connectivity index (χ0n) is 22.3. The summed E-state index contributed by atoms with van der Waals surface area (Å²) >= 11 is 0. The third-order valence-electron chi connectivity index (χ3n) is 9.03. The van der Waals surface area contributed by atoms with Crippen LogP contribution in [0.1, 0.15) is 31.4 Å². The Morgan fingerprint density at radius 1 is 1.10 bits per heavy atom. The van der Waals surface area contributed by atoms with E-state index in [9.17, 15) is 24.6 Å². The Morgan fingerprint density at radius 2 is 1.80 bits per heavy atom. The first kappa shape index (κ1) is 26.2. The van der Waals surface area contributed by atoms with Crippen molar-refractivity contribution in [3.05, 3.63) is 91.0 Å². The van der Waals surface area contributed by atoms with Crippen molar-refractivity contribution in [2.24, 2.45) is 11.8 Å². The number of aliphatic carboxylic acids is 1. The molecule has 3 saturated heterocycles. The molecule has 2 unspecified atom stereocenters. The van der Waals surface area contributed by atoms with E-state index in [1.807, 2.05) is 48.5 Å². The summed E-state index contributed by atoms with van der Waals surface area (Å²) in [4.78, 5) is 44.6. The lowest BCUT2D eigenvalue weighted by atomic mass is 9.66. The zero-order valence-corrected chi connectivity index (χ0v) is 22.3. The van der Waals surface area contributed by atoms with Gasteiger partial charge in [0.2, 0.25) is 5.91 Å². The minimum absolute atomic E-state index is 0.172. The average Bonchev–Trinajstić information content (AvgIpc) is 3.53. The monoisotopic (exact) mass is 540 g/mol. The highest BCUT2D eigenvalue weighted by molar-refractivity contribution is 6.05. The van der Waals surface area contributed by atoms with Gasteiger partial charge in [0.25, 0.3) is 5.91 Å². The maximum absolute atomic E-state index is 14.8. The third-order valence-corrected chi connectivity index (χ3v) is 9.03. The lowest BCUT2D eigenvalue weighted by Crippen LogP contribution is -2.57. The predicted octanol–water partition coefficient (Wildman–Crippen LogP) is 3.94. The van der Waals surface area contributed by atoms with E-state index in [0.717, 1.165) is 10.8 Å². The van der Waals surface area contributed by atoms with E-state index in [0.29, 0.717) is 24.1 Å². The predicted molar refractivity (Wildman–Crippen MR) is 149 cm³/mol. The second-order valence-corrected chi connectivity index (χ2v) is 11.2. The number of fused-ring (bicyclic) bond motifs is 2. The molecule has 6 rings (SSSR count). The maximum Gasteiger partial charge on any atom is 0.310 e. The smallest absolute Gasteiger partial charge is 0.310 e. The average molecular weight is 541 g/mol. The maximum atomic E-state index is 14.8. The topological polar surface area (TPSA) is 107 Å². The third kappa shape index (κ3) is 3.70. The Kier molecular flexibility index (Phi) is 6.27. The number of carbonyl (C=O) groups is 3. The highest BCUT2D eigenvalue weighted by atomic mass is 16.5. The number of anilines is 1. The standard InChI is InChI=1S/C32H32N2O6/c1-3-17-33(23-14-13-20-9-7-8-12-22(20)18-23)29(37)27-32-16-15-31(2,40-32)26(30(38)39)25(32)28(36)34(27)24(19-35)21-10-5-4-6-11-21/h3-14,18,24-27,35H,1,15-17,19H2,2H3,(H,38,39)/t24-,25+,26-,27?,31+,32?/m1/s1. The number of amides is 2. The number of hydrogen-bond acceptors (Lipinski definition) is 5. The van der Waals surface area contributed by atoms with E-state index in [1.165, 1.54) is 4.90 Å². The van der Waals surface area contributed by atoms with Gasteiger partial charge in [0.1, 0.15) is 11.6 Å². The molecular formula is C32H32N2O6. The number of benzene rings is 3. The summed E-state index contributed by atoms with van der Waals surface area (Å²) in [5, 5.41) is 22.8. The molecule has 2 bridgehead atoms. The summed E-state index contributed by atoms with van der Waals surface area (Å²) in [6.45, 7) is 5.33. The molecule has 6 atom stereocenters. The molecule has 3 aliphatic rings. The van der Waals surface area contributed by atoms with Gasteiger partial charge in [-0.1, -0.05) is 66.7 Å². The van der Waals surface area contributed by atoms with Gasteiger partial charge in [-0.2, -0.15) is 0 Å². The second kappa shape index (κ2) is 9.57. The molecular weight excluding hydrogens is 508 g/mol. The van der Waals surface area contributed by atoms with Gasteiger partial charge in [0.15, 0.2) is 0 Å². The van der Waals surface area contributed by atoms with E-state index >= 15 is 0 Å². The van der Waals surface area contributed by atoms with Crippen molar-refractivity contribution in [1.82, 2.24) is 4.90 Å². The number of aliphatic hydroxyl groups is 1. The minimum Gasteiger partial charge on any atom is -0.481 e. The van der Waals surface area contributed by atoms with E-state index < -0.39 is 59.5 Å². The van der Waals surface area contributed by atoms with Gasteiger partial charge in [-0.05, 0) is 48.2 Å². The van der Waals surface area contributed by atoms with Gasteiger partial charge < -0.3 is 24.7 Å². The zero-order chi connectivity index (χ0) is 28.2. The van der Waals surface area contributed by atoms with Crippen LogP contribution in [0.5, 0.6) is 0 Å². The molecule has 8 heteroatoms. The summed E-state index contributed by atoms with van der Waals surface area (Å²) in [5.74, 6) is -4.13. The Hall–Kier alpha value is -4.01. The van der Waals surface area contributed by atoms with Crippen LogP contribution in [0.25, 0.3) is 10.8 Å². The number of nitrogens with zero attached hydrogens (tertiary/aromatic N) is 2. The normalized spacial score (nSPS) is 29.4. The van der Waals surface area contributed by atoms with Crippen LogP contribution in [0.15, 0.2) is 85.5 Å². The molecule has 2 N–H and O–H groups in total. The molecule has 0 radical (unpaired) electrons. The van der Waals surface area contributed by atoms with Crippen LogP contribution in [-0.2, 0) is 19.1 Å². The molecule has 0 aliphatic carbocycles. The number of rotatable bonds is 8. The molecule has 206 valence electrons. The molecule has 1 spiro atoms. The lowest BCUT2D eigenvalue weighted by molar-refractivity contribution is -0.155. The van der Waals surface area contributed by atoms with Gasteiger partial charge in [-0.25, -0.2) is 0 Å². The summed E-state index contributed by atoms with van der Waals surface area (Å²) < 4.78 is 6.55. The molecule has 3 heterocycles. The van der Waals surface area contributed by atoms with E-state index in [4.69, 9.17) is 4.74 Å². The Balaban J connectivity index is 1.51.